The third kappa shape index (κ3) is 4.26. The zero-order valence-corrected chi connectivity index (χ0v) is 12.0. The summed E-state index contributed by atoms with van der Waals surface area (Å²) in [7, 11) is 1.51. The molecule has 2 aromatic carbocycles. The summed E-state index contributed by atoms with van der Waals surface area (Å²) in [6.45, 7) is 0. The van der Waals surface area contributed by atoms with Gasteiger partial charge >= 0.3 is 0 Å². The van der Waals surface area contributed by atoms with E-state index in [-0.39, 0.29) is 0 Å². The van der Waals surface area contributed by atoms with E-state index >= 15 is 0 Å². The predicted molar refractivity (Wildman–Crippen MR) is 83.7 cm³/mol. The molecule has 0 aliphatic heterocycles. The SMILES string of the molecule is CO[C@H](/C=C/c1ccccc1)[C@@H](O)[C@H](O)c1ccccc1. The van der Waals surface area contributed by atoms with Gasteiger partial charge in [0.25, 0.3) is 0 Å². The third-order valence-corrected chi connectivity index (χ3v) is 3.35. The first-order valence-corrected chi connectivity index (χ1v) is 6.89. The first-order valence-electron chi connectivity index (χ1n) is 6.89. The second kappa shape index (κ2) is 7.74. The van der Waals surface area contributed by atoms with Crippen molar-refractivity contribution in [1.29, 1.82) is 0 Å². The summed E-state index contributed by atoms with van der Waals surface area (Å²) >= 11 is 0. The molecule has 3 heteroatoms. The van der Waals surface area contributed by atoms with Crippen LogP contribution in [0.1, 0.15) is 17.2 Å². The monoisotopic (exact) mass is 284 g/mol. The van der Waals surface area contributed by atoms with E-state index in [0.29, 0.717) is 5.56 Å². The number of aliphatic hydroxyl groups is 2. The minimum absolute atomic E-state index is 0.583. The van der Waals surface area contributed by atoms with Gasteiger partial charge in [0.15, 0.2) is 0 Å². The summed E-state index contributed by atoms with van der Waals surface area (Å²) in [5.41, 5.74) is 1.68. The zero-order chi connectivity index (χ0) is 15.1. The first-order chi connectivity index (χ1) is 10.2. The van der Waals surface area contributed by atoms with Crippen LogP contribution < -0.4 is 0 Å². The van der Waals surface area contributed by atoms with E-state index in [1.54, 1.807) is 18.2 Å². The average molecular weight is 284 g/mol. The van der Waals surface area contributed by atoms with Crippen molar-refractivity contribution in [2.75, 3.05) is 7.11 Å². The molecule has 0 aliphatic carbocycles. The average Bonchev–Trinajstić information content (AvgIpc) is 2.56. The van der Waals surface area contributed by atoms with E-state index in [4.69, 9.17) is 4.74 Å². The van der Waals surface area contributed by atoms with E-state index < -0.39 is 18.3 Å². The maximum atomic E-state index is 10.3. The Hall–Kier alpha value is -1.94. The number of benzene rings is 2. The molecule has 0 aliphatic rings. The molecule has 2 aromatic rings. The Morgan fingerprint density at radius 1 is 0.905 bits per heavy atom. The summed E-state index contributed by atoms with van der Waals surface area (Å²) < 4.78 is 5.28. The molecule has 3 nitrogen and oxygen atoms in total. The molecular formula is C18H20O3. The molecule has 21 heavy (non-hydrogen) atoms. The molecule has 110 valence electrons. The number of aliphatic hydroxyl groups excluding tert-OH is 2. The topological polar surface area (TPSA) is 49.7 Å². The van der Waals surface area contributed by atoms with Crippen LogP contribution in [0.2, 0.25) is 0 Å². The molecule has 0 amide bonds. The zero-order valence-electron chi connectivity index (χ0n) is 12.0. The van der Waals surface area contributed by atoms with Crippen LogP contribution >= 0.6 is 0 Å². The molecule has 0 fully saturated rings. The number of hydrogen-bond acceptors (Lipinski definition) is 3. The van der Waals surface area contributed by atoms with Crippen LogP contribution in [0.15, 0.2) is 66.7 Å². The Labute approximate surface area is 125 Å². The van der Waals surface area contributed by atoms with E-state index in [2.05, 4.69) is 0 Å². The summed E-state index contributed by atoms with van der Waals surface area (Å²) in [6.07, 6.45) is 1.02. The second-order valence-electron chi connectivity index (χ2n) is 4.82. The van der Waals surface area contributed by atoms with Gasteiger partial charge in [-0.2, -0.15) is 0 Å². The van der Waals surface area contributed by atoms with E-state index in [1.165, 1.54) is 7.11 Å². The largest absolute Gasteiger partial charge is 0.387 e. The van der Waals surface area contributed by atoms with Gasteiger partial charge in [0, 0.05) is 7.11 Å². The Kier molecular flexibility index (Phi) is 5.69. The van der Waals surface area contributed by atoms with Crippen LogP contribution in [0.5, 0.6) is 0 Å². The van der Waals surface area contributed by atoms with Crippen LogP contribution in [0.3, 0.4) is 0 Å². The van der Waals surface area contributed by atoms with Gasteiger partial charge in [0.1, 0.15) is 18.3 Å². The van der Waals surface area contributed by atoms with Gasteiger partial charge in [0.05, 0.1) is 0 Å². The lowest BCUT2D eigenvalue weighted by Gasteiger charge is -2.23. The van der Waals surface area contributed by atoms with Crippen LogP contribution in [-0.2, 0) is 4.74 Å². The fourth-order valence-corrected chi connectivity index (χ4v) is 2.13. The molecular weight excluding hydrogens is 264 g/mol. The van der Waals surface area contributed by atoms with Crippen molar-refractivity contribution in [2.45, 2.75) is 18.3 Å². The molecule has 0 radical (unpaired) electrons. The van der Waals surface area contributed by atoms with Gasteiger partial charge in [-0.05, 0) is 11.1 Å². The minimum atomic E-state index is -1.03. The standard InChI is InChI=1S/C18H20O3/c1-21-16(13-12-14-8-4-2-5-9-14)18(20)17(19)15-10-6-3-7-11-15/h2-13,16-20H,1H3/b13-12+/t16-,17-,18-/m1/s1. The Morgan fingerprint density at radius 3 is 2.05 bits per heavy atom. The number of methoxy groups -OCH3 is 1. The van der Waals surface area contributed by atoms with E-state index in [9.17, 15) is 10.2 Å². The lowest BCUT2D eigenvalue weighted by molar-refractivity contribution is -0.0573. The highest BCUT2D eigenvalue weighted by atomic mass is 16.5. The van der Waals surface area contributed by atoms with Gasteiger partial charge in [-0.3, -0.25) is 0 Å². The van der Waals surface area contributed by atoms with Gasteiger partial charge in [-0.25, -0.2) is 0 Å². The summed E-state index contributed by atoms with van der Waals surface area (Å²) in [4.78, 5) is 0. The van der Waals surface area contributed by atoms with Gasteiger partial charge in [0.2, 0.25) is 0 Å². The maximum absolute atomic E-state index is 10.3. The Bertz CT molecular complexity index is 551. The lowest BCUT2D eigenvalue weighted by atomic mass is 9.99. The predicted octanol–water partition coefficient (Wildman–Crippen LogP) is 2.81. The van der Waals surface area contributed by atoms with E-state index in [0.717, 1.165) is 5.56 Å². The highest BCUT2D eigenvalue weighted by Crippen LogP contribution is 2.21. The molecule has 0 heterocycles. The van der Waals surface area contributed by atoms with Gasteiger partial charge < -0.3 is 14.9 Å². The molecule has 0 spiro atoms. The number of hydrogen-bond donors (Lipinski definition) is 2. The van der Waals surface area contributed by atoms with Gasteiger partial charge in [-0.15, -0.1) is 0 Å². The highest BCUT2D eigenvalue weighted by molar-refractivity contribution is 5.49. The van der Waals surface area contributed by atoms with Crippen molar-refractivity contribution in [2.24, 2.45) is 0 Å². The van der Waals surface area contributed by atoms with Crippen LogP contribution in [-0.4, -0.2) is 29.5 Å². The third-order valence-electron chi connectivity index (χ3n) is 3.35. The Morgan fingerprint density at radius 2 is 1.48 bits per heavy atom. The van der Waals surface area contributed by atoms with Crippen LogP contribution in [0, 0.1) is 0 Å². The number of rotatable bonds is 6. The van der Waals surface area contributed by atoms with Crippen molar-refractivity contribution < 1.29 is 14.9 Å². The second-order valence-corrected chi connectivity index (χ2v) is 4.82. The lowest BCUT2D eigenvalue weighted by Crippen LogP contribution is -2.32. The minimum Gasteiger partial charge on any atom is -0.387 e. The fourth-order valence-electron chi connectivity index (χ4n) is 2.13. The Balaban J connectivity index is 2.08. The number of ether oxygens (including phenoxy) is 1. The summed E-state index contributed by atoms with van der Waals surface area (Å²) in [5, 5.41) is 20.5. The normalized spacial score (nSPS) is 15.8. The van der Waals surface area contributed by atoms with Crippen molar-refractivity contribution in [3.63, 3.8) is 0 Å². The fraction of sp³-hybridized carbons (Fsp3) is 0.222. The molecule has 0 unspecified atom stereocenters. The first kappa shape index (κ1) is 15.4. The summed E-state index contributed by atoms with van der Waals surface area (Å²) in [5.74, 6) is 0. The quantitative estimate of drug-likeness (QED) is 0.857. The van der Waals surface area contributed by atoms with Crippen molar-refractivity contribution in [3.05, 3.63) is 77.9 Å². The van der Waals surface area contributed by atoms with Crippen LogP contribution in [0.4, 0.5) is 0 Å². The van der Waals surface area contributed by atoms with Crippen molar-refractivity contribution in [1.82, 2.24) is 0 Å². The van der Waals surface area contributed by atoms with E-state index in [1.807, 2.05) is 54.6 Å². The summed E-state index contributed by atoms with van der Waals surface area (Å²) in [6, 6.07) is 18.8. The van der Waals surface area contributed by atoms with Crippen molar-refractivity contribution in [3.8, 4) is 0 Å². The highest BCUT2D eigenvalue weighted by Gasteiger charge is 2.25. The smallest absolute Gasteiger partial charge is 0.114 e. The molecule has 0 aromatic heterocycles. The maximum Gasteiger partial charge on any atom is 0.114 e. The molecule has 0 bridgehead atoms. The van der Waals surface area contributed by atoms with Crippen LogP contribution in [0.25, 0.3) is 6.08 Å². The van der Waals surface area contributed by atoms with Gasteiger partial charge in [-0.1, -0.05) is 72.8 Å². The molecule has 2 N–H and O–H groups in total. The van der Waals surface area contributed by atoms with Crippen molar-refractivity contribution >= 4 is 6.08 Å². The molecule has 3 atom stereocenters. The molecule has 0 saturated carbocycles. The molecule has 2 rings (SSSR count). The molecule has 0 saturated heterocycles.